The molecule has 3 rings (SSSR count). The van der Waals surface area contributed by atoms with Gasteiger partial charge < -0.3 is 5.32 Å². The molecule has 2 aromatic carbocycles. The minimum Gasteiger partial charge on any atom is -0.325 e. The van der Waals surface area contributed by atoms with Crippen LogP contribution in [-0.4, -0.2) is 46.6 Å². The highest BCUT2D eigenvalue weighted by molar-refractivity contribution is 7.99. The molecular formula is C22H27N5O3S2. The van der Waals surface area contributed by atoms with Crippen molar-refractivity contribution < 1.29 is 13.2 Å². The van der Waals surface area contributed by atoms with E-state index in [0.29, 0.717) is 10.8 Å². The molecule has 8 nitrogen and oxygen atoms in total. The van der Waals surface area contributed by atoms with Crippen molar-refractivity contribution in [3.05, 3.63) is 66.0 Å². The number of hydrogen-bond donors (Lipinski definition) is 2. The standard InChI is InChI=1S/C22H27N5O3S2/c1-22(2,3)20-24-21(26-25-20)31-15-19(28)23-17-10-12-18(13-11-17)32(29,30)27(4)14-16-8-6-5-7-9-16/h5-13H,14-15H2,1-4H3,(H,23,28)(H,24,25,26). The van der Waals surface area contributed by atoms with E-state index >= 15 is 0 Å². The number of hydrogen-bond acceptors (Lipinski definition) is 6. The zero-order chi connectivity index (χ0) is 23.4. The highest BCUT2D eigenvalue weighted by Gasteiger charge is 2.21. The fourth-order valence-corrected chi connectivity index (χ4v) is 4.55. The summed E-state index contributed by atoms with van der Waals surface area (Å²) in [5, 5.41) is 10.3. The van der Waals surface area contributed by atoms with Gasteiger partial charge >= 0.3 is 0 Å². The van der Waals surface area contributed by atoms with Crippen molar-refractivity contribution in [3.63, 3.8) is 0 Å². The Bertz CT molecular complexity index is 1150. The van der Waals surface area contributed by atoms with Crippen LogP contribution in [0, 0.1) is 0 Å². The van der Waals surface area contributed by atoms with Crippen LogP contribution in [0.25, 0.3) is 0 Å². The molecule has 0 radical (unpaired) electrons. The number of nitrogens with zero attached hydrogens (tertiary/aromatic N) is 3. The molecule has 0 fully saturated rings. The summed E-state index contributed by atoms with van der Waals surface area (Å²) in [4.78, 5) is 16.8. The number of amides is 1. The third-order valence-electron chi connectivity index (χ3n) is 4.60. The predicted octanol–water partition coefficient (Wildman–Crippen LogP) is 3.65. The van der Waals surface area contributed by atoms with E-state index in [1.807, 2.05) is 51.1 Å². The fourth-order valence-electron chi connectivity index (χ4n) is 2.79. The van der Waals surface area contributed by atoms with Crippen molar-refractivity contribution in [1.29, 1.82) is 0 Å². The van der Waals surface area contributed by atoms with Crippen LogP contribution in [0.15, 0.2) is 64.6 Å². The molecule has 0 unspecified atom stereocenters. The average molecular weight is 474 g/mol. The number of aromatic nitrogens is 3. The van der Waals surface area contributed by atoms with Crippen molar-refractivity contribution in [2.45, 2.75) is 42.8 Å². The second-order valence-corrected chi connectivity index (χ2v) is 11.3. The van der Waals surface area contributed by atoms with E-state index in [9.17, 15) is 13.2 Å². The Balaban J connectivity index is 1.56. The van der Waals surface area contributed by atoms with Gasteiger partial charge in [0.25, 0.3) is 0 Å². The first-order chi connectivity index (χ1) is 15.1. The number of benzene rings is 2. The van der Waals surface area contributed by atoms with Crippen molar-refractivity contribution in [1.82, 2.24) is 19.5 Å². The summed E-state index contributed by atoms with van der Waals surface area (Å²) in [6, 6.07) is 15.5. The summed E-state index contributed by atoms with van der Waals surface area (Å²) < 4.78 is 26.9. The smallest absolute Gasteiger partial charge is 0.243 e. The molecule has 2 N–H and O–H groups in total. The summed E-state index contributed by atoms with van der Waals surface area (Å²) >= 11 is 1.23. The molecule has 0 aliphatic heterocycles. The molecule has 1 heterocycles. The highest BCUT2D eigenvalue weighted by Crippen LogP contribution is 2.22. The van der Waals surface area contributed by atoms with Crippen molar-refractivity contribution >= 4 is 33.4 Å². The van der Waals surface area contributed by atoms with Crippen LogP contribution in [0.1, 0.15) is 32.2 Å². The predicted molar refractivity (Wildman–Crippen MR) is 126 cm³/mol. The summed E-state index contributed by atoms with van der Waals surface area (Å²) in [6.07, 6.45) is 0. The van der Waals surface area contributed by atoms with Gasteiger partial charge in [0.2, 0.25) is 21.1 Å². The number of carbonyl (C=O) groups is 1. The van der Waals surface area contributed by atoms with Crippen LogP contribution >= 0.6 is 11.8 Å². The van der Waals surface area contributed by atoms with Crippen LogP contribution in [0.5, 0.6) is 0 Å². The number of thioether (sulfide) groups is 1. The summed E-state index contributed by atoms with van der Waals surface area (Å²) in [5.41, 5.74) is 1.28. The lowest BCUT2D eigenvalue weighted by Crippen LogP contribution is -2.26. The topological polar surface area (TPSA) is 108 Å². The van der Waals surface area contributed by atoms with Crippen LogP contribution in [-0.2, 0) is 26.8 Å². The molecule has 0 aliphatic carbocycles. The van der Waals surface area contributed by atoms with Crippen molar-refractivity contribution in [3.8, 4) is 0 Å². The second-order valence-electron chi connectivity index (χ2n) is 8.32. The van der Waals surface area contributed by atoms with Crippen LogP contribution in [0.2, 0.25) is 0 Å². The molecule has 0 atom stereocenters. The van der Waals surface area contributed by atoms with Crippen LogP contribution in [0.4, 0.5) is 5.69 Å². The van der Waals surface area contributed by atoms with E-state index in [4.69, 9.17) is 0 Å². The minimum atomic E-state index is -3.64. The third-order valence-corrected chi connectivity index (χ3v) is 7.27. The average Bonchev–Trinajstić information content (AvgIpc) is 3.23. The van der Waals surface area contributed by atoms with Gasteiger partial charge in [-0.25, -0.2) is 13.4 Å². The molecule has 0 bridgehead atoms. The monoisotopic (exact) mass is 473 g/mol. The maximum Gasteiger partial charge on any atom is 0.243 e. The Hall–Kier alpha value is -2.69. The Morgan fingerprint density at radius 2 is 1.75 bits per heavy atom. The minimum absolute atomic E-state index is 0.140. The lowest BCUT2D eigenvalue weighted by Gasteiger charge is -2.17. The largest absolute Gasteiger partial charge is 0.325 e. The van der Waals surface area contributed by atoms with Gasteiger partial charge in [0.1, 0.15) is 5.82 Å². The van der Waals surface area contributed by atoms with Crippen LogP contribution in [0.3, 0.4) is 0 Å². The Morgan fingerprint density at radius 3 is 2.34 bits per heavy atom. The van der Waals surface area contributed by atoms with E-state index in [1.165, 1.54) is 28.2 Å². The maximum absolute atomic E-state index is 12.8. The number of nitrogens with one attached hydrogen (secondary N) is 2. The summed E-state index contributed by atoms with van der Waals surface area (Å²) in [5.74, 6) is 0.671. The van der Waals surface area contributed by atoms with E-state index in [-0.39, 0.29) is 28.5 Å². The molecule has 0 saturated carbocycles. The molecule has 1 amide bonds. The lowest BCUT2D eigenvalue weighted by atomic mass is 9.96. The number of aromatic amines is 1. The quantitative estimate of drug-likeness (QED) is 0.484. The van der Waals surface area contributed by atoms with E-state index in [1.54, 1.807) is 19.2 Å². The van der Waals surface area contributed by atoms with Gasteiger partial charge in [0.05, 0.1) is 10.6 Å². The molecular weight excluding hydrogens is 446 g/mol. The zero-order valence-corrected chi connectivity index (χ0v) is 20.1. The van der Waals surface area contributed by atoms with Gasteiger partial charge in [0, 0.05) is 24.7 Å². The number of carbonyl (C=O) groups excluding carboxylic acids is 1. The molecule has 0 saturated heterocycles. The first-order valence-corrected chi connectivity index (χ1v) is 12.4. The highest BCUT2D eigenvalue weighted by atomic mass is 32.2. The molecule has 170 valence electrons. The zero-order valence-electron chi connectivity index (χ0n) is 18.5. The summed E-state index contributed by atoms with van der Waals surface area (Å²) in [6.45, 7) is 6.35. The van der Waals surface area contributed by atoms with Gasteiger partial charge in [-0.05, 0) is 29.8 Å². The van der Waals surface area contributed by atoms with Crippen molar-refractivity contribution in [2.75, 3.05) is 18.1 Å². The van der Waals surface area contributed by atoms with Gasteiger partial charge in [-0.2, -0.15) is 4.31 Å². The maximum atomic E-state index is 12.8. The normalized spacial score (nSPS) is 12.2. The number of anilines is 1. The van der Waals surface area contributed by atoms with Crippen LogP contribution < -0.4 is 5.32 Å². The van der Waals surface area contributed by atoms with E-state index < -0.39 is 10.0 Å². The molecule has 0 spiro atoms. The van der Waals surface area contributed by atoms with E-state index in [0.717, 1.165) is 11.4 Å². The second kappa shape index (κ2) is 9.85. The summed E-state index contributed by atoms with van der Waals surface area (Å²) in [7, 11) is -2.10. The van der Waals surface area contributed by atoms with Gasteiger partial charge in [-0.3, -0.25) is 9.89 Å². The van der Waals surface area contributed by atoms with Crippen molar-refractivity contribution in [2.24, 2.45) is 0 Å². The van der Waals surface area contributed by atoms with E-state index in [2.05, 4.69) is 20.5 Å². The Kier molecular flexibility index (Phi) is 7.37. The first kappa shape index (κ1) is 24.0. The third kappa shape index (κ3) is 6.18. The molecule has 3 aromatic rings. The number of sulfonamides is 1. The fraction of sp³-hybridized carbons (Fsp3) is 0.318. The van der Waals surface area contributed by atoms with Gasteiger partial charge in [0.15, 0.2) is 0 Å². The Labute approximate surface area is 192 Å². The first-order valence-electron chi connectivity index (χ1n) is 10.0. The van der Waals surface area contributed by atoms with Gasteiger partial charge in [-0.15, -0.1) is 5.10 Å². The molecule has 10 heteroatoms. The molecule has 0 aliphatic rings. The SMILES string of the molecule is CN(Cc1ccccc1)S(=O)(=O)c1ccc(NC(=O)CSc2n[nH]c(C(C)(C)C)n2)cc1. The van der Waals surface area contributed by atoms with Gasteiger partial charge in [-0.1, -0.05) is 62.9 Å². The Morgan fingerprint density at radius 1 is 1.09 bits per heavy atom. The molecule has 1 aromatic heterocycles. The lowest BCUT2D eigenvalue weighted by molar-refractivity contribution is -0.113. The molecule has 32 heavy (non-hydrogen) atoms. The number of rotatable bonds is 8. The number of H-pyrrole nitrogens is 1.